The maximum Gasteiger partial charge on any atom is 0.243 e. The monoisotopic (exact) mass is 422 g/mol. The summed E-state index contributed by atoms with van der Waals surface area (Å²) in [6, 6.07) is 8.03. The Morgan fingerprint density at radius 1 is 1.07 bits per heavy atom. The molecule has 8 heteroatoms. The van der Waals surface area contributed by atoms with Gasteiger partial charge < -0.3 is 5.32 Å². The first-order valence-corrected chi connectivity index (χ1v) is 11.4. The highest BCUT2D eigenvalue weighted by Crippen LogP contribution is 2.23. The molecule has 1 aromatic heterocycles. The van der Waals surface area contributed by atoms with Crippen LogP contribution < -0.4 is 5.32 Å². The zero-order valence-electron chi connectivity index (χ0n) is 16.6. The summed E-state index contributed by atoms with van der Waals surface area (Å²) in [4.78, 5) is 26.7. The summed E-state index contributed by atoms with van der Waals surface area (Å²) < 4.78 is 26.6. The van der Waals surface area contributed by atoms with Crippen molar-refractivity contribution in [3.8, 4) is 0 Å². The van der Waals surface area contributed by atoms with Crippen molar-refractivity contribution >= 4 is 38.7 Å². The molecule has 0 bridgehead atoms. The first-order valence-electron chi connectivity index (χ1n) is 9.19. The molecule has 1 N–H and O–H groups in total. The van der Waals surface area contributed by atoms with Crippen molar-refractivity contribution in [3.63, 3.8) is 0 Å². The summed E-state index contributed by atoms with van der Waals surface area (Å²) in [5.74, 6) is -0.384. The van der Waals surface area contributed by atoms with Crippen LogP contribution in [0.3, 0.4) is 0 Å². The van der Waals surface area contributed by atoms with E-state index in [1.54, 1.807) is 37.3 Å². The predicted octanol–water partition coefficient (Wildman–Crippen LogP) is 4.00. The largest absolute Gasteiger partial charge is 0.326 e. The molecule has 0 saturated heterocycles. The highest BCUT2D eigenvalue weighted by molar-refractivity contribution is 7.89. The van der Waals surface area contributed by atoms with Crippen LogP contribution in [0.5, 0.6) is 0 Å². The third-order valence-corrected chi connectivity index (χ3v) is 7.39. The second-order valence-corrected chi connectivity index (χ2v) is 9.81. The van der Waals surface area contributed by atoms with Gasteiger partial charge in [-0.2, -0.15) is 4.31 Å². The third-order valence-electron chi connectivity index (χ3n) is 4.38. The highest BCUT2D eigenvalue weighted by atomic mass is 32.2. The molecule has 0 spiro atoms. The van der Waals surface area contributed by atoms with Gasteiger partial charge in [0.2, 0.25) is 15.9 Å². The zero-order chi connectivity index (χ0) is 20.9. The van der Waals surface area contributed by atoms with E-state index in [9.17, 15) is 18.0 Å². The Labute approximate surface area is 170 Å². The predicted molar refractivity (Wildman–Crippen MR) is 113 cm³/mol. The van der Waals surface area contributed by atoms with Gasteiger partial charge in [-0.15, -0.1) is 11.3 Å². The van der Waals surface area contributed by atoms with Gasteiger partial charge in [0.25, 0.3) is 0 Å². The fourth-order valence-electron chi connectivity index (χ4n) is 2.94. The Kier molecular flexibility index (Phi) is 7.51. The zero-order valence-corrected chi connectivity index (χ0v) is 18.2. The van der Waals surface area contributed by atoms with E-state index >= 15 is 0 Å². The molecule has 1 aromatic carbocycles. The van der Waals surface area contributed by atoms with Crippen LogP contribution in [-0.2, 0) is 14.8 Å². The van der Waals surface area contributed by atoms with Gasteiger partial charge in [-0.1, -0.05) is 19.9 Å². The molecule has 2 aromatic rings. The van der Waals surface area contributed by atoms with E-state index in [2.05, 4.69) is 5.32 Å². The second kappa shape index (κ2) is 9.45. The van der Waals surface area contributed by atoms with Gasteiger partial charge >= 0.3 is 0 Å². The topological polar surface area (TPSA) is 83.6 Å². The molecule has 0 saturated carbocycles. The Hall–Kier alpha value is -2.03. The quantitative estimate of drug-likeness (QED) is 0.619. The molecule has 0 aliphatic heterocycles. The molecule has 0 unspecified atom stereocenters. The van der Waals surface area contributed by atoms with Crippen LogP contribution >= 0.6 is 11.3 Å². The number of sulfonamides is 1. The molecule has 0 radical (unpaired) electrons. The van der Waals surface area contributed by atoms with Crippen LogP contribution in [0.1, 0.15) is 46.8 Å². The molecule has 152 valence electrons. The average Bonchev–Trinajstić information content (AvgIpc) is 2.99. The van der Waals surface area contributed by atoms with Crippen molar-refractivity contribution in [2.45, 2.75) is 45.4 Å². The molecule has 2 rings (SSSR count). The van der Waals surface area contributed by atoms with Crippen molar-refractivity contribution in [2.75, 3.05) is 18.4 Å². The van der Waals surface area contributed by atoms with E-state index in [0.29, 0.717) is 24.3 Å². The number of nitrogens with zero attached hydrogens (tertiary/aromatic N) is 1. The summed E-state index contributed by atoms with van der Waals surface area (Å²) in [5.41, 5.74) is 1.07. The number of ketones is 1. The number of nitrogens with one attached hydrogen (secondary N) is 1. The van der Waals surface area contributed by atoms with Crippen molar-refractivity contribution in [1.82, 2.24) is 4.31 Å². The fraction of sp³-hybridized carbons (Fsp3) is 0.400. The van der Waals surface area contributed by atoms with E-state index in [4.69, 9.17) is 0 Å². The summed E-state index contributed by atoms with van der Waals surface area (Å²) in [5, 5.41) is 2.68. The molecule has 0 aliphatic carbocycles. The lowest BCUT2D eigenvalue weighted by Crippen LogP contribution is -2.30. The maximum absolute atomic E-state index is 12.6. The molecule has 0 aliphatic rings. The van der Waals surface area contributed by atoms with Gasteiger partial charge in [0.1, 0.15) is 0 Å². The van der Waals surface area contributed by atoms with E-state index in [-0.39, 0.29) is 29.4 Å². The number of hydrogen-bond acceptors (Lipinski definition) is 5. The number of carbonyl (C=O) groups is 2. The third kappa shape index (κ3) is 5.27. The fourth-order valence-corrected chi connectivity index (χ4v) is 5.39. The minimum Gasteiger partial charge on any atom is -0.326 e. The van der Waals surface area contributed by atoms with Crippen molar-refractivity contribution in [1.29, 1.82) is 0 Å². The molecule has 1 amide bonds. The van der Waals surface area contributed by atoms with Crippen molar-refractivity contribution in [2.24, 2.45) is 0 Å². The molecule has 0 atom stereocenters. The average molecular weight is 423 g/mol. The van der Waals surface area contributed by atoms with Crippen LogP contribution in [0.2, 0.25) is 0 Å². The first kappa shape index (κ1) is 22.3. The molecule has 6 nitrogen and oxygen atoms in total. The Morgan fingerprint density at radius 2 is 1.75 bits per heavy atom. The van der Waals surface area contributed by atoms with E-state index in [1.165, 1.54) is 16.4 Å². The number of thiophene rings is 1. The standard InChI is InChI=1S/C20H26N2O4S2/c1-5-22(6-2)28(25,26)17-9-7-8-16(13-17)21-20(24)11-10-19(23)18-12-14(3)27-15(18)4/h7-9,12-13H,5-6,10-11H2,1-4H3,(H,21,24). The van der Waals surface area contributed by atoms with Gasteiger partial charge in [-0.25, -0.2) is 8.42 Å². The Balaban J connectivity index is 2.03. The van der Waals surface area contributed by atoms with Crippen LogP contribution in [0.25, 0.3) is 0 Å². The number of rotatable bonds is 9. The van der Waals surface area contributed by atoms with Crippen molar-refractivity contribution < 1.29 is 18.0 Å². The lowest BCUT2D eigenvalue weighted by molar-refractivity contribution is -0.116. The lowest BCUT2D eigenvalue weighted by Gasteiger charge is -2.18. The lowest BCUT2D eigenvalue weighted by atomic mass is 10.1. The van der Waals surface area contributed by atoms with Crippen LogP contribution in [0.15, 0.2) is 35.2 Å². The number of anilines is 1. The maximum atomic E-state index is 12.6. The van der Waals surface area contributed by atoms with Gasteiger partial charge in [0, 0.05) is 46.9 Å². The van der Waals surface area contributed by atoms with Gasteiger partial charge in [0.05, 0.1) is 4.90 Å². The smallest absolute Gasteiger partial charge is 0.243 e. The van der Waals surface area contributed by atoms with Gasteiger partial charge in [0.15, 0.2) is 5.78 Å². The van der Waals surface area contributed by atoms with Crippen LogP contribution in [-0.4, -0.2) is 37.5 Å². The molecule has 28 heavy (non-hydrogen) atoms. The summed E-state index contributed by atoms with van der Waals surface area (Å²) in [6.45, 7) is 8.14. The number of carbonyl (C=O) groups excluding carboxylic acids is 2. The number of aryl methyl sites for hydroxylation is 2. The molecular formula is C20H26N2O4S2. The second-order valence-electron chi connectivity index (χ2n) is 6.42. The van der Waals surface area contributed by atoms with E-state index in [0.717, 1.165) is 9.75 Å². The molecule has 0 fully saturated rings. The number of amides is 1. The number of benzene rings is 1. The highest BCUT2D eigenvalue weighted by Gasteiger charge is 2.22. The summed E-state index contributed by atoms with van der Waals surface area (Å²) in [7, 11) is -3.59. The molecule has 1 heterocycles. The first-order chi connectivity index (χ1) is 13.2. The van der Waals surface area contributed by atoms with Gasteiger partial charge in [-0.05, 0) is 38.1 Å². The Morgan fingerprint density at radius 3 is 2.32 bits per heavy atom. The number of hydrogen-bond donors (Lipinski definition) is 1. The molecular weight excluding hydrogens is 396 g/mol. The SMILES string of the molecule is CCN(CC)S(=O)(=O)c1cccc(NC(=O)CCC(=O)c2cc(C)sc2C)c1. The van der Waals surface area contributed by atoms with Gasteiger partial charge in [-0.3, -0.25) is 9.59 Å². The summed E-state index contributed by atoms with van der Waals surface area (Å²) >= 11 is 1.56. The summed E-state index contributed by atoms with van der Waals surface area (Å²) in [6.07, 6.45) is 0.153. The van der Waals surface area contributed by atoms with E-state index < -0.39 is 10.0 Å². The number of Topliss-reactive ketones (excluding diaryl/α,β-unsaturated/α-hetero) is 1. The Bertz CT molecular complexity index is 960. The van der Waals surface area contributed by atoms with E-state index in [1.807, 2.05) is 19.9 Å². The van der Waals surface area contributed by atoms with Crippen LogP contribution in [0, 0.1) is 13.8 Å². The minimum atomic E-state index is -3.59. The normalized spacial score (nSPS) is 11.6. The van der Waals surface area contributed by atoms with Crippen LogP contribution in [0.4, 0.5) is 5.69 Å². The van der Waals surface area contributed by atoms with Crippen molar-refractivity contribution in [3.05, 3.63) is 45.6 Å². The minimum absolute atomic E-state index is 0.0419.